The summed E-state index contributed by atoms with van der Waals surface area (Å²) in [7, 11) is -4.42. The van der Waals surface area contributed by atoms with Crippen LogP contribution >= 0.6 is 0 Å². The van der Waals surface area contributed by atoms with Gasteiger partial charge in [-0.3, -0.25) is 8.76 Å². The van der Waals surface area contributed by atoms with Crippen molar-refractivity contribution in [2.45, 2.75) is 11.8 Å². The van der Waals surface area contributed by atoms with Crippen LogP contribution < -0.4 is 10.5 Å². The van der Waals surface area contributed by atoms with Crippen LogP contribution in [0.2, 0.25) is 0 Å². The molecule has 1 atom stereocenters. The number of hydrogen-bond donors (Lipinski definition) is 3. The molecule has 1 unspecified atom stereocenters. The Labute approximate surface area is 94.8 Å². The molecule has 0 spiro atoms. The summed E-state index contributed by atoms with van der Waals surface area (Å²) in [6.07, 6.45) is 0. The SMILES string of the molecule is Cc1c(N)cc(S(=O)(=O)O)cc1NS(=O)[O-]. The number of nitrogens with two attached hydrogens (primary N) is 1. The lowest BCUT2D eigenvalue weighted by Crippen LogP contribution is -2.08. The molecule has 7 nitrogen and oxygen atoms in total. The Morgan fingerprint density at radius 1 is 1.50 bits per heavy atom. The van der Waals surface area contributed by atoms with E-state index in [1.54, 1.807) is 0 Å². The zero-order chi connectivity index (χ0) is 12.5. The Kier molecular flexibility index (Phi) is 3.53. The predicted molar refractivity (Wildman–Crippen MR) is 57.9 cm³/mol. The summed E-state index contributed by atoms with van der Waals surface area (Å²) in [6, 6.07) is 2.03. The largest absolute Gasteiger partial charge is 0.755 e. The minimum Gasteiger partial charge on any atom is -0.755 e. The molecule has 4 N–H and O–H groups in total. The molecule has 0 bridgehead atoms. The molecule has 0 fully saturated rings. The summed E-state index contributed by atoms with van der Waals surface area (Å²) in [5, 5.41) is 0. The Hall–Kier alpha value is -1.16. The molecule has 0 aliphatic carbocycles. The second-order valence-corrected chi connectivity index (χ2v) is 5.09. The van der Waals surface area contributed by atoms with Crippen LogP contribution in [0.15, 0.2) is 17.0 Å². The fourth-order valence-electron chi connectivity index (χ4n) is 1.05. The van der Waals surface area contributed by atoms with Gasteiger partial charge < -0.3 is 15.0 Å². The highest BCUT2D eigenvalue weighted by atomic mass is 32.2. The summed E-state index contributed by atoms with van der Waals surface area (Å²) in [6.45, 7) is 1.51. The van der Waals surface area contributed by atoms with E-state index >= 15 is 0 Å². The van der Waals surface area contributed by atoms with Gasteiger partial charge in [0.25, 0.3) is 10.1 Å². The van der Waals surface area contributed by atoms with Gasteiger partial charge in [0.15, 0.2) is 0 Å². The smallest absolute Gasteiger partial charge is 0.294 e. The van der Waals surface area contributed by atoms with Gasteiger partial charge >= 0.3 is 0 Å². The molecule has 0 saturated heterocycles. The maximum Gasteiger partial charge on any atom is 0.294 e. The second-order valence-electron chi connectivity index (χ2n) is 3.00. The molecule has 0 aromatic heterocycles. The molecular weight excluding hydrogens is 256 g/mol. The first-order chi connectivity index (χ1) is 7.21. The number of nitrogens with one attached hydrogen (secondary N) is 1. The Balaban J connectivity index is 3.39. The third-order valence-corrected chi connectivity index (χ3v) is 3.13. The normalized spacial score (nSPS) is 13.4. The molecule has 0 saturated carbocycles. The zero-order valence-corrected chi connectivity index (χ0v) is 9.76. The number of benzene rings is 1. The van der Waals surface area contributed by atoms with Crippen molar-refractivity contribution in [3.8, 4) is 0 Å². The van der Waals surface area contributed by atoms with E-state index in [4.69, 9.17) is 10.3 Å². The van der Waals surface area contributed by atoms with E-state index in [1.165, 1.54) is 6.92 Å². The summed E-state index contributed by atoms with van der Waals surface area (Å²) < 4.78 is 53.3. The van der Waals surface area contributed by atoms with Crippen LogP contribution in [0.1, 0.15) is 5.56 Å². The van der Waals surface area contributed by atoms with Crippen molar-refractivity contribution in [2.24, 2.45) is 0 Å². The van der Waals surface area contributed by atoms with Crippen molar-refractivity contribution < 1.29 is 21.7 Å². The highest BCUT2D eigenvalue weighted by Crippen LogP contribution is 2.26. The highest BCUT2D eigenvalue weighted by Gasteiger charge is 2.14. The topological polar surface area (TPSA) is 133 Å². The first-order valence-corrected chi connectivity index (χ1v) is 6.47. The third-order valence-electron chi connectivity index (χ3n) is 1.91. The fraction of sp³-hybridized carbons (Fsp3) is 0.143. The van der Waals surface area contributed by atoms with Crippen LogP contribution in [0.5, 0.6) is 0 Å². The molecule has 1 aromatic carbocycles. The first-order valence-electron chi connectivity index (χ1n) is 3.95. The second kappa shape index (κ2) is 4.37. The number of rotatable bonds is 3. The molecule has 0 aliphatic heterocycles. The van der Waals surface area contributed by atoms with Crippen LogP contribution in [0.25, 0.3) is 0 Å². The van der Waals surface area contributed by atoms with Crippen molar-refractivity contribution in [1.82, 2.24) is 0 Å². The maximum atomic E-state index is 10.9. The molecule has 0 radical (unpaired) electrons. The molecule has 0 heterocycles. The molecule has 1 aromatic rings. The van der Waals surface area contributed by atoms with Crippen molar-refractivity contribution in [3.05, 3.63) is 17.7 Å². The predicted octanol–water partition coefficient (Wildman–Crippen LogP) is 0.0299. The lowest BCUT2D eigenvalue weighted by atomic mass is 10.2. The van der Waals surface area contributed by atoms with Crippen molar-refractivity contribution in [3.63, 3.8) is 0 Å². The van der Waals surface area contributed by atoms with E-state index in [9.17, 15) is 17.2 Å². The number of nitrogen functional groups attached to an aromatic ring is 1. The van der Waals surface area contributed by atoms with E-state index in [1.807, 2.05) is 4.72 Å². The molecule has 0 amide bonds. The first kappa shape index (κ1) is 12.9. The maximum absolute atomic E-state index is 10.9. The van der Waals surface area contributed by atoms with Gasteiger partial charge in [0, 0.05) is 17.0 Å². The van der Waals surface area contributed by atoms with E-state index in [0.717, 1.165) is 12.1 Å². The van der Waals surface area contributed by atoms with Gasteiger partial charge in [-0.1, -0.05) is 0 Å². The van der Waals surface area contributed by atoms with Crippen LogP contribution in [-0.2, 0) is 21.4 Å². The average Bonchev–Trinajstić information content (AvgIpc) is 2.10. The van der Waals surface area contributed by atoms with Crippen LogP contribution in [0, 0.1) is 6.92 Å². The van der Waals surface area contributed by atoms with Crippen LogP contribution in [-0.4, -0.2) is 21.7 Å². The van der Waals surface area contributed by atoms with Gasteiger partial charge in [0.1, 0.15) is 0 Å². The standard InChI is InChI=1S/C7H10N2O5S2/c1-4-6(8)2-5(16(12,13)14)3-7(4)9-15(10)11/h2-3,9H,8H2,1H3,(H,10,11)(H,12,13,14)/p-1. The van der Waals surface area contributed by atoms with Gasteiger partial charge in [-0.15, -0.1) is 0 Å². The van der Waals surface area contributed by atoms with E-state index in [2.05, 4.69) is 0 Å². The van der Waals surface area contributed by atoms with Gasteiger partial charge in [-0.25, -0.2) is 0 Å². The molecule has 9 heteroatoms. The quantitative estimate of drug-likeness (QED) is 0.401. The van der Waals surface area contributed by atoms with E-state index in [0.29, 0.717) is 5.56 Å². The van der Waals surface area contributed by atoms with Crippen molar-refractivity contribution in [1.29, 1.82) is 0 Å². The molecule has 90 valence electrons. The summed E-state index contributed by atoms with van der Waals surface area (Å²) in [5.41, 5.74) is 5.91. The van der Waals surface area contributed by atoms with E-state index in [-0.39, 0.29) is 11.4 Å². The third kappa shape index (κ3) is 2.92. The molecule has 0 aliphatic rings. The molecular formula is C7H9N2O5S2-. The number of anilines is 2. The highest BCUT2D eigenvalue weighted by molar-refractivity contribution is 7.85. The van der Waals surface area contributed by atoms with Gasteiger partial charge in [-0.2, -0.15) is 8.42 Å². The van der Waals surface area contributed by atoms with Crippen molar-refractivity contribution >= 4 is 32.8 Å². The molecule has 1 rings (SSSR count). The molecule has 16 heavy (non-hydrogen) atoms. The zero-order valence-electron chi connectivity index (χ0n) is 8.13. The van der Waals surface area contributed by atoms with Gasteiger partial charge in [-0.05, 0) is 24.6 Å². The van der Waals surface area contributed by atoms with Gasteiger partial charge in [0.2, 0.25) is 0 Å². The minimum atomic E-state index is -4.42. The van der Waals surface area contributed by atoms with E-state index < -0.39 is 26.3 Å². The van der Waals surface area contributed by atoms with Crippen LogP contribution in [0.4, 0.5) is 11.4 Å². The lowest BCUT2D eigenvalue weighted by Gasteiger charge is -2.14. The van der Waals surface area contributed by atoms with Crippen molar-refractivity contribution in [2.75, 3.05) is 10.5 Å². The Morgan fingerprint density at radius 2 is 2.06 bits per heavy atom. The summed E-state index contributed by atoms with van der Waals surface area (Å²) in [4.78, 5) is -0.469. The fourth-order valence-corrected chi connectivity index (χ4v) is 1.99. The Bertz CT molecular complexity index is 540. The minimum absolute atomic E-state index is 0.000887. The monoisotopic (exact) mass is 265 g/mol. The Morgan fingerprint density at radius 3 is 2.50 bits per heavy atom. The van der Waals surface area contributed by atoms with Crippen LogP contribution in [0.3, 0.4) is 0 Å². The summed E-state index contributed by atoms with van der Waals surface area (Å²) >= 11 is -2.60. The average molecular weight is 265 g/mol. The lowest BCUT2D eigenvalue weighted by molar-refractivity contribution is 0.483. The van der Waals surface area contributed by atoms with Gasteiger partial charge in [0.05, 0.1) is 10.6 Å². The summed E-state index contributed by atoms with van der Waals surface area (Å²) in [5.74, 6) is 0. The number of hydrogen-bond acceptors (Lipinski definition) is 5.